The molecule has 0 bridgehead atoms. The Balaban J connectivity index is 1.64. The Hall–Kier alpha value is -3.80. The largest absolute Gasteiger partial charge is 0.497 e. The van der Waals surface area contributed by atoms with E-state index in [4.69, 9.17) is 9.47 Å². The lowest BCUT2D eigenvalue weighted by atomic mass is 10.1. The predicted octanol–water partition coefficient (Wildman–Crippen LogP) is 4.03. The van der Waals surface area contributed by atoms with Crippen molar-refractivity contribution in [3.63, 3.8) is 0 Å². The molecular weight excluding hydrogens is 380 g/mol. The number of hydrogen-bond donors (Lipinski definition) is 2. The minimum Gasteiger partial charge on any atom is -0.497 e. The first-order valence-corrected chi connectivity index (χ1v) is 9.59. The first kappa shape index (κ1) is 20.9. The number of carbonyl (C=O) groups excluding carboxylic acids is 2. The van der Waals surface area contributed by atoms with E-state index in [1.165, 1.54) is 0 Å². The summed E-state index contributed by atoms with van der Waals surface area (Å²) < 4.78 is 10.9. The van der Waals surface area contributed by atoms with Crippen molar-refractivity contribution in [2.45, 2.75) is 19.6 Å². The summed E-state index contributed by atoms with van der Waals surface area (Å²) in [4.78, 5) is 25.3. The maximum Gasteiger partial charge on any atom is 0.265 e. The monoisotopic (exact) mass is 404 g/mol. The highest BCUT2D eigenvalue weighted by Crippen LogP contribution is 2.21. The molecule has 0 aliphatic rings. The molecule has 0 unspecified atom stereocenters. The van der Waals surface area contributed by atoms with Gasteiger partial charge in [-0.15, -0.1) is 0 Å². The van der Waals surface area contributed by atoms with Crippen LogP contribution in [0, 0.1) is 0 Å². The van der Waals surface area contributed by atoms with Crippen LogP contribution in [0.2, 0.25) is 0 Å². The van der Waals surface area contributed by atoms with Crippen molar-refractivity contribution in [2.75, 3.05) is 12.4 Å². The van der Waals surface area contributed by atoms with Gasteiger partial charge in [-0.05, 0) is 36.8 Å². The van der Waals surface area contributed by atoms with E-state index in [0.717, 1.165) is 5.56 Å². The van der Waals surface area contributed by atoms with Crippen molar-refractivity contribution in [2.24, 2.45) is 0 Å². The molecule has 6 heteroatoms. The molecule has 0 aliphatic heterocycles. The minimum absolute atomic E-state index is 0.267. The quantitative estimate of drug-likeness (QED) is 0.594. The summed E-state index contributed by atoms with van der Waals surface area (Å²) in [7, 11) is 1.56. The molecule has 0 aromatic heterocycles. The average Bonchev–Trinajstić information content (AvgIpc) is 2.78. The van der Waals surface area contributed by atoms with E-state index in [1.54, 1.807) is 62.6 Å². The smallest absolute Gasteiger partial charge is 0.265 e. The predicted molar refractivity (Wildman–Crippen MR) is 116 cm³/mol. The van der Waals surface area contributed by atoms with Crippen LogP contribution in [0.3, 0.4) is 0 Å². The van der Waals surface area contributed by atoms with Gasteiger partial charge in [0, 0.05) is 12.6 Å². The van der Waals surface area contributed by atoms with Gasteiger partial charge in [0.2, 0.25) is 0 Å². The Morgan fingerprint density at radius 3 is 2.37 bits per heavy atom. The number of methoxy groups -OCH3 is 1. The molecule has 30 heavy (non-hydrogen) atoms. The first-order valence-electron chi connectivity index (χ1n) is 9.59. The van der Waals surface area contributed by atoms with E-state index >= 15 is 0 Å². The van der Waals surface area contributed by atoms with E-state index in [-0.39, 0.29) is 11.8 Å². The van der Waals surface area contributed by atoms with Crippen LogP contribution in [0.5, 0.6) is 11.5 Å². The van der Waals surface area contributed by atoms with Crippen molar-refractivity contribution in [3.8, 4) is 11.5 Å². The number of benzene rings is 3. The zero-order valence-corrected chi connectivity index (χ0v) is 16.9. The Kier molecular flexibility index (Phi) is 7.05. The third kappa shape index (κ3) is 5.61. The van der Waals surface area contributed by atoms with Gasteiger partial charge in [0.25, 0.3) is 11.8 Å². The van der Waals surface area contributed by atoms with Gasteiger partial charge < -0.3 is 20.1 Å². The van der Waals surface area contributed by atoms with Gasteiger partial charge in [-0.2, -0.15) is 0 Å². The standard InChI is InChI=1S/C24H24N2O4/c1-17(30-20-12-8-11-19(15-20)29-2)23(27)26-22-14-7-6-13-21(22)24(28)25-16-18-9-4-3-5-10-18/h3-15,17H,16H2,1-2H3,(H,25,28)(H,26,27)/t17-/m0/s1. The van der Waals surface area contributed by atoms with Crippen molar-refractivity contribution < 1.29 is 19.1 Å². The van der Waals surface area contributed by atoms with E-state index in [1.807, 2.05) is 30.3 Å². The molecule has 3 aromatic carbocycles. The van der Waals surface area contributed by atoms with Crippen molar-refractivity contribution in [3.05, 3.63) is 90.0 Å². The number of amides is 2. The zero-order chi connectivity index (χ0) is 21.3. The van der Waals surface area contributed by atoms with E-state index < -0.39 is 6.10 Å². The molecule has 6 nitrogen and oxygen atoms in total. The molecule has 0 heterocycles. The molecule has 0 spiro atoms. The summed E-state index contributed by atoms with van der Waals surface area (Å²) in [6, 6.07) is 23.5. The fourth-order valence-corrected chi connectivity index (χ4v) is 2.83. The molecule has 2 N–H and O–H groups in total. The summed E-state index contributed by atoms with van der Waals surface area (Å²) in [5.41, 5.74) is 1.80. The van der Waals surface area contributed by atoms with Gasteiger partial charge in [-0.1, -0.05) is 48.5 Å². The minimum atomic E-state index is -0.766. The van der Waals surface area contributed by atoms with Crippen LogP contribution < -0.4 is 20.1 Å². The summed E-state index contributed by atoms with van der Waals surface area (Å²) >= 11 is 0. The van der Waals surface area contributed by atoms with Crippen LogP contribution in [-0.4, -0.2) is 25.0 Å². The summed E-state index contributed by atoms with van der Waals surface area (Å²) in [5, 5.41) is 5.66. The lowest BCUT2D eigenvalue weighted by molar-refractivity contribution is -0.122. The second kappa shape index (κ2) is 10.1. The number of anilines is 1. The first-order chi connectivity index (χ1) is 14.6. The highest BCUT2D eigenvalue weighted by molar-refractivity contribution is 6.04. The highest BCUT2D eigenvalue weighted by Gasteiger charge is 2.18. The Labute approximate surface area is 175 Å². The van der Waals surface area contributed by atoms with E-state index in [9.17, 15) is 9.59 Å². The molecule has 154 valence electrons. The maximum atomic E-state index is 12.6. The van der Waals surface area contributed by atoms with Crippen molar-refractivity contribution in [1.82, 2.24) is 5.32 Å². The van der Waals surface area contributed by atoms with Crippen LogP contribution in [0.4, 0.5) is 5.69 Å². The highest BCUT2D eigenvalue weighted by atomic mass is 16.5. The van der Waals surface area contributed by atoms with Gasteiger partial charge in [0.15, 0.2) is 6.10 Å². The summed E-state index contributed by atoms with van der Waals surface area (Å²) in [5.74, 6) is 0.531. The fourth-order valence-electron chi connectivity index (χ4n) is 2.83. The van der Waals surface area contributed by atoms with Gasteiger partial charge in [0.1, 0.15) is 11.5 Å². The van der Waals surface area contributed by atoms with Crippen LogP contribution in [0.25, 0.3) is 0 Å². The Morgan fingerprint density at radius 2 is 1.60 bits per heavy atom. The van der Waals surface area contributed by atoms with E-state index in [0.29, 0.717) is 29.3 Å². The Morgan fingerprint density at radius 1 is 0.900 bits per heavy atom. The van der Waals surface area contributed by atoms with Gasteiger partial charge in [-0.25, -0.2) is 0 Å². The maximum absolute atomic E-state index is 12.6. The third-order valence-electron chi connectivity index (χ3n) is 4.45. The van der Waals surface area contributed by atoms with Gasteiger partial charge >= 0.3 is 0 Å². The molecule has 0 fully saturated rings. The topological polar surface area (TPSA) is 76.7 Å². The number of hydrogen-bond acceptors (Lipinski definition) is 4. The van der Waals surface area contributed by atoms with Gasteiger partial charge in [0.05, 0.1) is 18.4 Å². The SMILES string of the molecule is COc1cccc(O[C@@H](C)C(=O)Nc2ccccc2C(=O)NCc2ccccc2)c1. The second-order valence-corrected chi connectivity index (χ2v) is 6.64. The number of carbonyl (C=O) groups is 2. The third-order valence-corrected chi connectivity index (χ3v) is 4.45. The van der Waals surface area contributed by atoms with Crippen LogP contribution >= 0.6 is 0 Å². The molecule has 2 amide bonds. The fraction of sp³-hybridized carbons (Fsp3) is 0.167. The van der Waals surface area contributed by atoms with Crippen LogP contribution in [-0.2, 0) is 11.3 Å². The molecular formula is C24H24N2O4. The van der Waals surface area contributed by atoms with E-state index in [2.05, 4.69) is 10.6 Å². The number of rotatable bonds is 8. The van der Waals surface area contributed by atoms with Gasteiger partial charge in [-0.3, -0.25) is 9.59 Å². The Bertz CT molecular complexity index is 1000. The molecule has 1 atom stereocenters. The summed E-state index contributed by atoms with van der Waals surface area (Å²) in [6.07, 6.45) is -0.766. The lowest BCUT2D eigenvalue weighted by Gasteiger charge is -2.17. The lowest BCUT2D eigenvalue weighted by Crippen LogP contribution is -2.31. The molecule has 0 aliphatic carbocycles. The van der Waals surface area contributed by atoms with Crippen LogP contribution in [0.1, 0.15) is 22.8 Å². The normalized spacial score (nSPS) is 11.3. The molecule has 0 saturated heterocycles. The molecule has 3 rings (SSSR count). The zero-order valence-electron chi connectivity index (χ0n) is 16.9. The molecule has 3 aromatic rings. The summed E-state index contributed by atoms with van der Waals surface area (Å²) in [6.45, 7) is 2.05. The van der Waals surface area contributed by atoms with Crippen molar-refractivity contribution >= 4 is 17.5 Å². The number of para-hydroxylation sites is 1. The van der Waals surface area contributed by atoms with Crippen molar-refractivity contribution in [1.29, 1.82) is 0 Å². The molecule has 0 saturated carbocycles. The number of ether oxygens (including phenoxy) is 2. The average molecular weight is 404 g/mol. The second-order valence-electron chi connectivity index (χ2n) is 6.64. The molecule has 0 radical (unpaired) electrons. The number of nitrogens with one attached hydrogen (secondary N) is 2. The van der Waals surface area contributed by atoms with Crippen LogP contribution in [0.15, 0.2) is 78.9 Å².